The van der Waals surface area contributed by atoms with Crippen molar-refractivity contribution in [2.24, 2.45) is 7.05 Å². The van der Waals surface area contributed by atoms with Gasteiger partial charge in [-0.25, -0.2) is 15.0 Å². The van der Waals surface area contributed by atoms with Crippen molar-refractivity contribution in [3.05, 3.63) is 53.5 Å². The average molecular weight is 364 g/mol. The van der Waals surface area contributed by atoms with Crippen molar-refractivity contribution in [2.75, 3.05) is 11.9 Å². The topological polar surface area (TPSA) is 84.7 Å². The fraction of sp³-hybridized carbons (Fsp3) is 0.421. The van der Waals surface area contributed by atoms with E-state index in [0.29, 0.717) is 5.95 Å². The highest BCUT2D eigenvalue weighted by molar-refractivity contribution is 5.52. The zero-order valence-electron chi connectivity index (χ0n) is 15.9. The first-order valence-electron chi connectivity index (χ1n) is 9.21. The molecule has 8 heteroatoms. The summed E-state index contributed by atoms with van der Waals surface area (Å²) in [6, 6.07) is 4.23. The Kier molecular flexibility index (Phi) is 4.81. The lowest BCUT2D eigenvalue weighted by atomic mass is 10.1. The second-order valence-electron chi connectivity index (χ2n) is 6.96. The fourth-order valence-corrected chi connectivity index (χ4v) is 3.67. The summed E-state index contributed by atoms with van der Waals surface area (Å²) < 4.78 is 1.93. The Labute approximate surface area is 158 Å². The van der Waals surface area contributed by atoms with Gasteiger partial charge in [-0.1, -0.05) is 0 Å². The number of rotatable bonds is 5. The van der Waals surface area contributed by atoms with Gasteiger partial charge in [-0.2, -0.15) is 5.10 Å². The molecule has 0 aliphatic carbocycles. The molecule has 1 aliphatic heterocycles. The summed E-state index contributed by atoms with van der Waals surface area (Å²) in [6.07, 6.45) is 7.49. The normalized spacial score (nSPS) is 17.4. The van der Waals surface area contributed by atoms with Gasteiger partial charge in [0.2, 0.25) is 5.95 Å². The number of hydrogen-bond acceptors (Lipinski definition) is 7. The summed E-state index contributed by atoms with van der Waals surface area (Å²) in [7, 11) is 1.98. The largest absolute Gasteiger partial charge is 0.307 e. The molecular formula is C19H24N8. The molecule has 4 rings (SSSR count). The lowest BCUT2D eigenvalue weighted by molar-refractivity contribution is 0.238. The van der Waals surface area contributed by atoms with Gasteiger partial charge >= 0.3 is 0 Å². The summed E-state index contributed by atoms with van der Waals surface area (Å²) in [5.74, 6) is 1.29. The van der Waals surface area contributed by atoms with E-state index < -0.39 is 0 Å². The monoisotopic (exact) mass is 364 g/mol. The Morgan fingerprint density at radius 3 is 2.63 bits per heavy atom. The maximum absolute atomic E-state index is 4.66. The molecule has 0 bridgehead atoms. The van der Waals surface area contributed by atoms with E-state index in [1.54, 1.807) is 12.4 Å². The molecule has 27 heavy (non-hydrogen) atoms. The Morgan fingerprint density at radius 1 is 1.11 bits per heavy atom. The highest BCUT2D eigenvalue weighted by Gasteiger charge is 2.30. The predicted molar refractivity (Wildman–Crippen MR) is 102 cm³/mol. The van der Waals surface area contributed by atoms with Gasteiger partial charge < -0.3 is 5.32 Å². The molecule has 0 saturated carbocycles. The van der Waals surface area contributed by atoms with Gasteiger partial charge in [-0.05, 0) is 45.4 Å². The molecule has 3 aromatic heterocycles. The van der Waals surface area contributed by atoms with Crippen molar-refractivity contribution < 1.29 is 0 Å². The van der Waals surface area contributed by atoms with Gasteiger partial charge in [-0.15, -0.1) is 0 Å². The standard InChI is InChI=1S/C19H24N8/c1-13-11-14(2)24-19(23-13)25-18-17(20-8-9-21-18)16-5-4-10-27(16)12-15-6-7-22-26(15)3/h6-9,11,16H,4-5,10,12H2,1-3H3,(H,21,23,24,25). The number of anilines is 2. The Balaban J connectivity index is 1.60. The third-order valence-corrected chi connectivity index (χ3v) is 4.91. The van der Waals surface area contributed by atoms with Gasteiger partial charge in [0.05, 0.1) is 11.7 Å². The van der Waals surface area contributed by atoms with E-state index in [9.17, 15) is 0 Å². The zero-order valence-corrected chi connectivity index (χ0v) is 15.9. The lowest BCUT2D eigenvalue weighted by Crippen LogP contribution is -2.25. The summed E-state index contributed by atoms with van der Waals surface area (Å²) >= 11 is 0. The van der Waals surface area contributed by atoms with Gasteiger partial charge in [-0.3, -0.25) is 14.6 Å². The molecule has 140 valence electrons. The van der Waals surface area contributed by atoms with Crippen molar-refractivity contribution in [3.8, 4) is 0 Å². The summed E-state index contributed by atoms with van der Waals surface area (Å²) in [4.78, 5) is 20.6. The minimum Gasteiger partial charge on any atom is -0.307 e. The van der Waals surface area contributed by atoms with Crippen molar-refractivity contribution in [2.45, 2.75) is 39.3 Å². The Hall–Kier alpha value is -2.87. The van der Waals surface area contributed by atoms with Crippen LogP contribution in [-0.2, 0) is 13.6 Å². The maximum Gasteiger partial charge on any atom is 0.228 e. The lowest BCUT2D eigenvalue weighted by Gasteiger charge is -2.25. The number of aryl methyl sites for hydroxylation is 3. The molecule has 0 spiro atoms. The van der Waals surface area contributed by atoms with Crippen LogP contribution in [0.15, 0.2) is 30.7 Å². The Morgan fingerprint density at radius 2 is 1.89 bits per heavy atom. The van der Waals surface area contributed by atoms with E-state index >= 15 is 0 Å². The molecule has 1 N–H and O–H groups in total. The van der Waals surface area contributed by atoms with Crippen LogP contribution in [-0.4, -0.2) is 41.2 Å². The molecule has 4 heterocycles. The third kappa shape index (κ3) is 3.80. The average Bonchev–Trinajstić information content (AvgIpc) is 3.24. The first-order valence-corrected chi connectivity index (χ1v) is 9.21. The molecule has 0 aromatic carbocycles. The smallest absolute Gasteiger partial charge is 0.228 e. The van der Waals surface area contributed by atoms with Gasteiger partial charge in [0, 0.05) is 43.6 Å². The van der Waals surface area contributed by atoms with Crippen molar-refractivity contribution in [1.82, 2.24) is 34.6 Å². The van der Waals surface area contributed by atoms with Crippen LogP contribution in [0, 0.1) is 13.8 Å². The van der Waals surface area contributed by atoms with Crippen LogP contribution in [0.2, 0.25) is 0 Å². The van der Waals surface area contributed by atoms with Crippen molar-refractivity contribution >= 4 is 11.8 Å². The van der Waals surface area contributed by atoms with Gasteiger partial charge in [0.15, 0.2) is 5.82 Å². The van der Waals surface area contributed by atoms with Crippen LogP contribution in [0.25, 0.3) is 0 Å². The summed E-state index contributed by atoms with van der Waals surface area (Å²) in [5, 5.41) is 7.56. The maximum atomic E-state index is 4.66. The Bertz CT molecular complexity index is 915. The predicted octanol–water partition coefficient (Wildman–Crippen LogP) is 2.70. The second-order valence-corrected chi connectivity index (χ2v) is 6.96. The number of nitrogens with one attached hydrogen (secondary N) is 1. The molecule has 1 unspecified atom stereocenters. The third-order valence-electron chi connectivity index (χ3n) is 4.91. The summed E-state index contributed by atoms with van der Waals surface area (Å²) in [6.45, 7) is 5.80. The molecule has 0 radical (unpaired) electrons. The number of aromatic nitrogens is 6. The van der Waals surface area contributed by atoms with E-state index in [-0.39, 0.29) is 6.04 Å². The molecule has 1 saturated heterocycles. The van der Waals surface area contributed by atoms with Gasteiger partial charge in [0.1, 0.15) is 5.69 Å². The van der Waals surface area contributed by atoms with E-state index in [1.807, 2.05) is 37.8 Å². The van der Waals surface area contributed by atoms with Crippen LogP contribution in [0.1, 0.15) is 41.7 Å². The molecule has 1 fully saturated rings. The van der Waals surface area contributed by atoms with Crippen LogP contribution in [0.3, 0.4) is 0 Å². The molecule has 8 nitrogen and oxygen atoms in total. The van der Waals surface area contributed by atoms with Gasteiger partial charge in [0.25, 0.3) is 0 Å². The SMILES string of the molecule is Cc1cc(C)nc(Nc2nccnc2C2CCCN2Cc2ccnn2C)n1. The van der Waals surface area contributed by atoms with Crippen LogP contribution >= 0.6 is 0 Å². The first kappa shape index (κ1) is 17.5. The highest BCUT2D eigenvalue weighted by atomic mass is 15.3. The van der Waals surface area contributed by atoms with Crippen molar-refractivity contribution in [1.29, 1.82) is 0 Å². The fourth-order valence-electron chi connectivity index (χ4n) is 3.67. The number of nitrogens with zero attached hydrogens (tertiary/aromatic N) is 7. The van der Waals surface area contributed by atoms with Crippen molar-refractivity contribution in [3.63, 3.8) is 0 Å². The van der Waals surface area contributed by atoms with E-state index in [4.69, 9.17) is 0 Å². The molecule has 1 atom stereocenters. The number of hydrogen-bond donors (Lipinski definition) is 1. The molecular weight excluding hydrogens is 340 g/mol. The minimum absolute atomic E-state index is 0.210. The minimum atomic E-state index is 0.210. The van der Waals surface area contributed by atoms with E-state index in [0.717, 1.165) is 48.8 Å². The van der Waals surface area contributed by atoms with E-state index in [2.05, 4.69) is 41.3 Å². The molecule has 3 aromatic rings. The van der Waals surface area contributed by atoms with Crippen LogP contribution < -0.4 is 5.32 Å². The molecule has 0 amide bonds. The quantitative estimate of drug-likeness (QED) is 0.745. The molecule has 1 aliphatic rings. The number of likely N-dealkylation sites (tertiary alicyclic amines) is 1. The van der Waals surface area contributed by atoms with Crippen LogP contribution in [0.4, 0.5) is 11.8 Å². The van der Waals surface area contributed by atoms with Crippen LogP contribution in [0.5, 0.6) is 0 Å². The first-order chi connectivity index (χ1) is 13.1. The van der Waals surface area contributed by atoms with E-state index in [1.165, 1.54) is 5.69 Å². The summed E-state index contributed by atoms with van der Waals surface area (Å²) in [5.41, 5.74) is 3.99. The highest BCUT2D eigenvalue weighted by Crippen LogP contribution is 2.35. The second kappa shape index (κ2) is 7.40. The zero-order chi connectivity index (χ0) is 18.8.